The number of rotatable bonds is 0. The predicted molar refractivity (Wildman–Crippen MR) is 85.6 cm³/mol. The molecule has 0 aliphatic carbocycles. The number of hydrogen-bond acceptors (Lipinski definition) is 1. The van der Waals surface area contributed by atoms with Crippen LogP contribution >= 0.6 is 0 Å². The Bertz CT molecular complexity index is 1030. The van der Waals surface area contributed by atoms with Gasteiger partial charge in [-0.05, 0) is 32.4 Å². The van der Waals surface area contributed by atoms with Gasteiger partial charge in [0.2, 0.25) is 0 Å². The summed E-state index contributed by atoms with van der Waals surface area (Å²) < 4.78 is 4.44. The van der Waals surface area contributed by atoms with Crippen molar-refractivity contribution in [2.75, 3.05) is 0 Å². The Kier molecular flexibility index (Phi) is 2.37. The Morgan fingerprint density at radius 2 is 1.67 bits per heavy atom. The second-order valence-corrected chi connectivity index (χ2v) is 5.87. The van der Waals surface area contributed by atoms with Crippen LogP contribution in [0.1, 0.15) is 16.8 Å². The van der Waals surface area contributed by atoms with E-state index in [0.717, 1.165) is 11.2 Å². The number of aryl methyl sites for hydroxylation is 4. The maximum absolute atomic E-state index is 4.83. The molecule has 1 aromatic carbocycles. The molecule has 21 heavy (non-hydrogen) atoms. The third-order valence-corrected chi connectivity index (χ3v) is 4.24. The molecule has 0 atom stereocenters. The number of pyridine rings is 2. The lowest BCUT2D eigenvalue weighted by atomic mass is 10.0. The number of aromatic nitrogens is 3. The van der Waals surface area contributed by atoms with E-state index < -0.39 is 0 Å². The fraction of sp³-hybridized carbons (Fsp3) is 0.222. The van der Waals surface area contributed by atoms with Crippen LogP contribution in [0.5, 0.6) is 0 Å². The quantitative estimate of drug-likeness (QED) is 0.356. The van der Waals surface area contributed by atoms with Gasteiger partial charge in [0, 0.05) is 22.0 Å². The smallest absolute Gasteiger partial charge is 0.199 e. The molecule has 0 fully saturated rings. The van der Waals surface area contributed by atoms with Gasteiger partial charge in [0.15, 0.2) is 13.2 Å². The first kappa shape index (κ1) is 12.3. The molecule has 0 amide bonds. The van der Waals surface area contributed by atoms with Gasteiger partial charge >= 0.3 is 0 Å². The maximum atomic E-state index is 4.83. The van der Waals surface area contributed by atoms with Gasteiger partial charge in [-0.25, -0.2) is 0 Å². The molecule has 0 N–H and O–H groups in total. The van der Waals surface area contributed by atoms with E-state index in [4.69, 9.17) is 4.98 Å². The van der Waals surface area contributed by atoms with Gasteiger partial charge in [0.1, 0.15) is 16.6 Å². The lowest BCUT2D eigenvalue weighted by molar-refractivity contribution is -0.735. The molecule has 3 nitrogen and oxygen atoms in total. The Hall–Kier alpha value is -2.42. The highest BCUT2D eigenvalue weighted by molar-refractivity contribution is 6.11. The van der Waals surface area contributed by atoms with E-state index in [1.54, 1.807) is 0 Å². The second-order valence-electron chi connectivity index (χ2n) is 5.87. The van der Waals surface area contributed by atoms with Crippen LogP contribution in [0.2, 0.25) is 0 Å². The summed E-state index contributed by atoms with van der Waals surface area (Å²) in [4.78, 5) is 4.83. The Labute approximate surface area is 123 Å². The minimum Gasteiger partial charge on any atom is -0.251 e. The molecule has 0 aliphatic rings. The van der Waals surface area contributed by atoms with Crippen LogP contribution in [0.4, 0.5) is 0 Å². The Morgan fingerprint density at radius 3 is 2.43 bits per heavy atom. The zero-order valence-electron chi connectivity index (χ0n) is 12.8. The zero-order chi connectivity index (χ0) is 14.7. The molecule has 3 heteroatoms. The van der Waals surface area contributed by atoms with E-state index in [1.807, 2.05) is 0 Å². The van der Waals surface area contributed by atoms with Crippen molar-refractivity contribution in [2.24, 2.45) is 7.05 Å². The minimum atomic E-state index is 1.07. The van der Waals surface area contributed by atoms with Crippen LogP contribution in [-0.4, -0.2) is 9.50 Å². The lowest BCUT2D eigenvalue weighted by Crippen LogP contribution is -2.34. The van der Waals surface area contributed by atoms with E-state index >= 15 is 0 Å². The molecule has 3 aromatic heterocycles. The fourth-order valence-electron chi connectivity index (χ4n) is 3.50. The van der Waals surface area contributed by atoms with Gasteiger partial charge < -0.3 is 0 Å². The van der Waals surface area contributed by atoms with Crippen molar-refractivity contribution in [3.63, 3.8) is 0 Å². The molecule has 0 spiro atoms. The number of benzene rings is 1. The molecule has 0 radical (unpaired) electrons. The summed E-state index contributed by atoms with van der Waals surface area (Å²) in [5, 5.41) is 2.49. The Morgan fingerprint density at radius 1 is 0.952 bits per heavy atom. The molecule has 0 saturated carbocycles. The molecule has 0 saturated heterocycles. The second kappa shape index (κ2) is 4.04. The van der Waals surface area contributed by atoms with Gasteiger partial charge in [-0.3, -0.25) is 4.98 Å². The van der Waals surface area contributed by atoms with Crippen LogP contribution in [0.3, 0.4) is 0 Å². The third-order valence-electron chi connectivity index (χ3n) is 4.24. The van der Waals surface area contributed by atoms with Crippen molar-refractivity contribution in [1.82, 2.24) is 9.50 Å². The monoisotopic (exact) mass is 276 g/mol. The zero-order valence-corrected chi connectivity index (χ0v) is 12.8. The summed E-state index contributed by atoms with van der Waals surface area (Å²) in [5.74, 6) is 0. The van der Waals surface area contributed by atoms with Crippen LogP contribution in [0.25, 0.3) is 27.3 Å². The highest BCUT2D eigenvalue weighted by Crippen LogP contribution is 2.30. The average molecular weight is 276 g/mol. The number of fused-ring (bicyclic) bond motifs is 6. The van der Waals surface area contributed by atoms with Crippen LogP contribution in [0, 0.1) is 20.8 Å². The maximum Gasteiger partial charge on any atom is 0.199 e. The van der Waals surface area contributed by atoms with Crippen molar-refractivity contribution < 1.29 is 4.68 Å². The van der Waals surface area contributed by atoms with Crippen molar-refractivity contribution in [1.29, 1.82) is 0 Å². The fourth-order valence-corrected chi connectivity index (χ4v) is 3.50. The lowest BCUT2D eigenvalue weighted by Gasteiger charge is -2.09. The van der Waals surface area contributed by atoms with E-state index in [9.17, 15) is 0 Å². The molecule has 0 unspecified atom stereocenters. The highest BCUT2D eigenvalue weighted by Gasteiger charge is 2.19. The molecular weight excluding hydrogens is 258 g/mol. The van der Waals surface area contributed by atoms with E-state index in [0.29, 0.717) is 0 Å². The number of hydrogen-bond donors (Lipinski definition) is 0. The van der Waals surface area contributed by atoms with Crippen molar-refractivity contribution in [3.05, 3.63) is 53.3 Å². The summed E-state index contributed by atoms with van der Waals surface area (Å²) in [6.45, 7) is 6.40. The standard InChI is InChI=1S/C18H18N3/c1-11-9-13(3)19-16-14-7-5-6-8-15(14)17-12(2)10-20(4)21(17)18(11)16/h5-10H,1-4H3/q+1. The topological polar surface area (TPSA) is 21.2 Å². The van der Waals surface area contributed by atoms with E-state index in [2.05, 4.69) is 73.5 Å². The highest BCUT2D eigenvalue weighted by atomic mass is 15.3. The van der Waals surface area contributed by atoms with Crippen molar-refractivity contribution >= 4 is 27.3 Å². The first-order valence-corrected chi connectivity index (χ1v) is 7.24. The van der Waals surface area contributed by atoms with Gasteiger partial charge in [-0.1, -0.05) is 24.3 Å². The van der Waals surface area contributed by atoms with Crippen LogP contribution < -0.4 is 4.68 Å². The largest absolute Gasteiger partial charge is 0.251 e. The van der Waals surface area contributed by atoms with Crippen LogP contribution in [-0.2, 0) is 7.05 Å². The SMILES string of the molecule is Cc1cc(C)c2c(n1)c1ccccc1c1c(C)c[n+](C)n12. The molecule has 0 aliphatic heterocycles. The van der Waals surface area contributed by atoms with E-state index in [-0.39, 0.29) is 0 Å². The van der Waals surface area contributed by atoms with Crippen LogP contribution in [0.15, 0.2) is 36.5 Å². The van der Waals surface area contributed by atoms with Crippen molar-refractivity contribution in [2.45, 2.75) is 20.8 Å². The molecule has 4 rings (SSSR count). The molecule has 4 aromatic rings. The molecular formula is C18H18N3+. The minimum absolute atomic E-state index is 1.07. The van der Waals surface area contributed by atoms with Crippen molar-refractivity contribution in [3.8, 4) is 0 Å². The first-order valence-electron chi connectivity index (χ1n) is 7.24. The average Bonchev–Trinajstić information content (AvgIpc) is 2.74. The summed E-state index contributed by atoms with van der Waals surface area (Å²) in [6.07, 6.45) is 2.18. The molecule has 3 heterocycles. The number of nitrogens with zero attached hydrogens (tertiary/aromatic N) is 3. The molecule has 104 valence electrons. The third kappa shape index (κ3) is 1.54. The van der Waals surface area contributed by atoms with Gasteiger partial charge in [-0.15, -0.1) is 9.20 Å². The van der Waals surface area contributed by atoms with E-state index in [1.165, 1.54) is 32.9 Å². The normalized spacial score (nSPS) is 11.8. The Balaban J connectivity index is 2.49. The summed E-state index contributed by atoms with van der Waals surface area (Å²) >= 11 is 0. The first-order chi connectivity index (χ1) is 10.1. The molecule has 0 bridgehead atoms. The van der Waals surface area contributed by atoms with Gasteiger partial charge in [0.05, 0.1) is 0 Å². The van der Waals surface area contributed by atoms with Gasteiger partial charge in [0.25, 0.3) is 0 Å². The van der Waals surface area contributed by atoms with Gasteiger partial charge in [-0.2, -0.15) is 0 Å². The predicted octanol–water partition coefficient (Wildman–Crippen LogP) is 3.39. The summed E-state index contributed by atoms with van der Waals surface area (Å²) in [7, 11) is 2.09. The summed E-state index contributed by atoms with van der Waals surface area (Å²) in [6, 6.07) is 10.7. The summed E-state index contributed by atoms with van der Waals surface area (Å²) in [5.41, 5.74) is 7.17.